The van der Waals surface area contributed by atoms with Crippen molar-refractivity contribution in [2.75, 3.05) is 21.5 Å². The van der Waals surface area contributed by atoms with Crippen molar-refractivity contribution in [2.45, 2.75) is 4.90 Å². The summed E-state index contributed by atoms with van der Waals surface area (Å²) in [5.74, 6) is -1.86. The maximum absolute atomic E-state index is 13.5. The van der Waals surface area contributed by atoms with Crippen molar-refractivity contribution in [2.24, 2.45) is 10.2 Å². The Balaban J connectivity index is 0.00000273. The summed E-state index contributed by atoms with van der Waals surface area (Å²) < 4.78 is 109. The number of Topliss-reactive ketones (excluding diaryl/α,β-unsaturated/α-hetero) is 2. The van der Waals surface area contributed by atoms with Crippen molar-refractivity contribution in [1.82, 2.24) is 0 Å². The Kier molecular flexibility index (Phi) is 16.0. The van der Waals surface area contributed by atoms with Crippen LogP contribution in [0.2, 0.25) is 0 Å². The molecular formula is C37H23N6Na3O12S3. The molecule has 0 saturated heterocycles. The Labute approximate surface area is 414 Å². The maximum atomic E-state index is 13.5. The van der Waals surface area contributed by atoms with Crippen molar-refractivity contribution < 1.29 is 142 Å². The zero-order valence-corrected chi connectivity index (χ0v) is 40.4. The van der Waals surface area contributed by atoms with Crippen LogP contribution in [-0.4, -0.2) is 67.9 Å². The van der Waals surface area contributed by atoms with Crippen molar-refractivity contribution in [3.63, 3.8) is 0 Å². The quantitative estimate of drug-likeness (QED) is 0.0616. The van der Waals surface area contributed by atoms with Gasteiger partial charge in [-0.2, -0.15) is 10.2 Å². The minimum atomic E-state index is -5.34. The Hall–Kier alpha value is -3.88. The van der Waals surface area contributed by atoms with Gasteiger partial charge in [0.25, 0.3) is 0 Å². The van der Waals surface area contributed by atoms with Gasteiger partial charge in [-0.05, 0) is 83.9 Å². The molecule has 0 radical (unpaired) electrons. The van der Waals surface area contributed by atoms with Gasteiger partial charge in [0.05, 0.1) is 26.1 Å². The van der Waals surface area contributed by atoms with E-state index in [1.807, 2.05) is 0 Å². The molecule has 5 aromatic rings. The second-order valence-corrected chi connectivity index (χ2v) is 16.4. The summed E-state index contributed by atoms with van der Waals surface area (Å²) in [4.78, 5) is 37.4. The van der Waals surface area contributed by atoms with Crippen LogP contribution in [0, 0.1) is 0 Å². The van der Waals surface area contributed by atoms with Crippen LogP contribution in [0.4, 0.5) is 27.5 Å². The minimum Gasteiger partial charge on any atom is -0.744 e. The number of allylic oxidation sites excluding steroid dienone is 2. The normalized spacial score (nSPS) is 14.9. The van der Waals surface area contributed by atoms with Crippen LogP contribution in [0.15, 0.2) is 128 Å². The fraction of sp³-hybridized carbons (Fsp3) is 0. The number of hydrazone groups is 2. The molecule has 7 rings (SSSR count). The number of urea groups is 1. The number of fused-ring (bicyclic) bond motifs is 3. The Morgan fingerprint density at radius 1 is 0.508 bits per heavy atom. The molecule has 2 aliphatic rings. The van der Waals surface area contributed by atoms with Crippen LogP contribution in [0.1, 0.15) is 31.8 Å². The molecule has 0 fully saturated rings. The molecule has 0 heterocycles. The first-order valence-electron chi connectivity index (χ1n) is 16.4. The average molecular weight is 909 g/mol. The molecule has 24 heteroatoms. The molecule has 0 spiro atoms. The number of para-hydroxylation sites is 1. The first-order chi connectivity index (χ1) is 27.4. The van der Waals surface area contributed by atoms with Crippen LogP contribution in [0.25, 0.3) is 22.9 Å². The second kappa shape index (κ2) is 19.7. The molecule has 0 unspecified atom stereocenters. The molecule has 2 amide bonds. The molecule has 294 valence electrons. The molecule has 5 aromatic carbocycles. The van der Waals surface area contributed by atoms with E-state index < -0.39 is 74.1 Å². The SMILES string of the molecule is O=C(Nc1ccc2c(c1)C=C(S(=O)(=O)[O-])/C(=N/Nc1ccccc1)C2=O)Nc1ccc2c(c1)C=C(S(=O)(=O)[O-])/C(=N/Nc1ccc(S(=O)(=O)[O-])c3ccccc13)C2=O.[Na+].[Na+].[Na+]. The number of hydrogen-bond acceptors (Lipinski definition) is 16. The molecule has 61 heavy (non-hydrogen) atoms. The van der Waals surface area contributed by atoms with E-state index in [-0.39, 0.29) is 139 Å². The van der Waals surface area contributed by atoms with Crippen LogP contribution < -0.4 is 110 Å². The van der Waals surface area contributed by atoms with Gasteiger partial charge in [-0.15, -0.1) is 0 Å². The number of ketones is 2. The first kappa shape index (κ1) is 49.8. The number of nitrogens with zero attached hydrogens (tertiary/aromatic N) is 2. The topological polar surface area (TPSA) is 296 Å². The second-order valence-electron chi connectivity index (χ2n) is 12.4. The van der Waals surface area contributed by atoms with Crippen molar-refractivity contribution in [3.05, 3.63) is 135 Å². The van der Waals surface area contributed by atoms with Gasteiger partial charge >= 0.3 is 94.7 Å². The largest absolute Gasteiger partial charge is 1.00 e. The molecule has 0 saturated carbocycles. The summed E-state index contributed by atoms with van der Waals surface area (Å²) in [5.41, 5.74) is 4.01. The summed E-state index contributed by atoms with van der Waals surface area (Å²) >= 11 is 0. The number of nitrogens with one attached hydrogen (secondary N) is 4. The van der Waals surface area contributed by atoms with Crippen LogP contribution in [0.3, 0.4) is 0 Å². The standard InChI is InChI=1S/C37H26N6O12S3.3Na/c44-35-25-12-10-23(16-20(25)18-31(57(50,51)52)33(35)42-40-22-6-2-1-3-7-22)38-37(46)39-24-11-13-26-21(17-24)19-32(58(53,54)55)34(36(26)45)43-41-29-14-15-30(56(47,48)49)28-9-5-4-8-27(28)29;;;/h1-19,40-41H,(H2,38,39,46)(H,47,48,49)(H,50,51,52)(H,53,54,55);;;/q;3*+1/p-3/b42-33-,43-34-;;;. The maximum Gasteiger partial charge on any atom is 1.00 e. The number of carbonyl (C=O) groups excluding carboxylic acids is 3. The van der Waals surface area contributed by atoms with E-state index in [0.29, 0.717) is 5.69 Å². The molecule has 18 nitrogen and oxygen atoms in total. The van der Waals surface area contributed by atoms with E-state index in [4.69, 9.17) is 0 Å². The molecule has 4 N–H and O–H groups in total. The molecular weight excluding hydrogens is 886 g/mol. The summed E-state index contributed by atoms with van der Waals surface area (Å²) in [7, 11) is -15.4. The van der Waals surface area contributed by atoms with E-state index in [2.05, 4.69) is 31.7 Å². The number of rotatable bonds is 9. The van der Waals surface area contributed by atoms with E-state index in [0.717, 1.165) is 18.2 Å². The monoisotopic (exact) mass is 908 g/mol. The molecule has 0 atom stereocenters. The Morgan fingerprint density at radius 3 is 1.44 bits per heavy atom. The third-order valence-electron chi connectivity index (χ3n) is 8.63. The number of hydrogen-bond donors (Lipinski definition) is 4. The number of benzene rings is 5. The number of carbonyl (C=O) groups is 3. The number of amides is 2. The van der Waals surface area contributed by atoms with Gasteiger partial charge < -0.3 is 24.3 Å². The van der Waals surface area contributed by atoms with Gasteiger partial charge in [-0.25, -0.2) is 30.0 Å². The predicted octanol–water partition coefficient (Wildman–Crippen LogP) is -4.50. The smallest absolute Gasteiger partial charge is 0.744 e. The fourth-order valence-corrected chi connectivity index (χ4v) is 8.03. The predicted molar refractivity (Wildman–Crippen MR) is 210 cm³/mol. The third kappa shape index (κ3) is 11.0. The molecule has 0 aromatic heterocycles. The Morgan fingerprint density at radius 2 is 0.967 bits per heavy atom. The summed E-state index contributed by atoms with van der Waals surface area (Å²) in [6.45, 7) is 0. The van der Waals surface area contributed by atoms with Crippen LogP contribution >= 0.6 is 0 Å². The minimum absolute atomic E-state index is 0. The van der Waals surface area contributed by atoms with Gasteiger partial charge in [0.15, 0.2) is 0 Å². The first-order valence-corrected chi connectivity index (χ1v) is 20.6. The van der Waals surface area contributed by atoms with Crippen LogP contribution in [-0.2, 0) is 30.4 Å². The van der Waals surface area contributed by atoms with Gasteiger partial charge in [0.1, 0.15) is 41.8 Å². The van der Waals surface area contributed by atoms with Gasteiger partial charge in [-0.1, -0.05) is 42.5 Å². The van der Waals surface area contributed by atoms with E-state index in [1.165, 1.54) is 66.7 Å². The van der Waals surface area contributed by atoms with Crippen molar-refractivity contribution >= 4 is 105 Å². The average Bonchev–Trinajstić information content (AvgIpc) is 3.16. The van der Waals surface area contributed by atoms with Gasteiger partial charge in [0.2, 0.25) is 11.6 Å². The zero-order chi connectivity index (χ0) is 41.6. The van der Waals surface area contributed by atoms with E-state index in [1.54, 1.807) is 30.3 Å². The zero-order valence-electron chi connectivity index (χ0n) is 32.0. The van der Waals surface area contributed by atoms with Gasteiger partial charge in [-0.3, -0.25) is 20.4 Å². The molecule has 0 bridgehead atoms. The van der Waals surface area contributed by atoms with E-state index >= 15 is 0 Å². The molecule has 2 aliphatic carbocycles. The summed E-state index contributed by atoms with van der Waals surface area (Å²) in [6, 6.07) is 23.0. The third-order valence-corrected chi connectivity index (χ3v) is 11.2. The number of anilines is 4. The van der Waals surface area contributed by atoms with Gasteiger partial charge in [0, 0.05) is 33.3 Å². The Bertz CT molecular complexity index is 3110. The summed E-state index contributed by atoms with van der Waals surface area (Å²) in [5, 5.41) is 13.0. The van der Waals surface area contributed by atoms with E-state index in [9.17, 15) is 53.3 Å². The van der Waals surface area contributed by atoms with Crippen LogP contribution in [0.5, 0.6) is 0 Å². The summed E-state index contributed by atoms with van der Waals surface area (Å²) in [6.07, 6.45) is 1.84. The van der Waals surface area contributed by atoms with Crippen molar-refractivity contribution in [1.29, 1.82) is 0 Å². The van der Waals surface area contributed by atoms with Crippen molar-refractivity contribution in [3.8, 4) is 0 Å². The fourth-order valence-electron chi connectivity index (χ4n) is 6.05. The molecule has 0 aliphatic heterocycles.